The van der Waals surface area contributed by atoms with Gasteiger partial charge in [-0.3, -0.25) is 9.59 Å². The van der Waals surface area contributed by atoms with Crippen LogP contribution in [0.4, 0.5) is 4.39 Å². The van der Waals surface area contributed by atoms with E-state index in [1.807, 2.05) is 34.7 Å². The van der Waals surface area contributed by atoms with E-state index in [4.69, 9.17) is 0 Å². The van der Waals surface area contributed by atoms with Gasteiger partial charge in [0.15, 0.2) is 11.6 Å². The van der Waals surface area contributed by atoms with Crippen molar-refractivity contribution in [2.24, 2.45) is 0 Å². The maximum atomic E-state index is 14.7. The first-order valence-electron chi connectivity index (χ1n) is 11.4. The molecule has 2 aromatic carbocycles. The molecule has 3 rings (SSSR count). The Labute approximate surface area is 206 Å². The predicted octanol–water partition coefficient (Wildman–Crippen LogP) is 8.43. The number of hydrogen-bond donors (Lipinski definition) is 0. The summed E-state index contributed by atoms with van der Waals surface area (Å²) >= 11 is 5.14. The van der Waals surface area contributed by atoms with E-state index in [0.717, 1.165) is 18.4 Å². The van der Waals surface area contributed by atoms with Crippen molar-refractivity contribution in [3.8, 4) is 0 Å². The molecule has 2 aromatic rings. The SMILES string of the molecule is CCCCCCCCCCCCc1ccc2c(c1)C(=O)c1cc(I)c(Br)c(F)c1C2=O. The van der Waals surface area contributed by atoms with Gasteiger partial charge in [-0.15, -0.1) is 0 Å². The number of halogens is 3. The molecule has 0 spiro atoms. The van der Waals surface area contributed by atoms with Crippen LogP contribution in [0, 0.1) is 9.39 Å². The fraction of sp³-hybridized carbons (Fsp3) is 0.462. The summed E-state index contributed by atoms with van der Waals surface area (Å²) in [5.41, 5.74) is 1.82. The quantitative estimate of drug-likeness (QED) is 0.126. The van der Waals surface area contributed by atoms with Gasteiger partial charge in [-0.1, -0.05) is 76.8 Å². The molecule has 166 valence electrons. The highest BCUT2D eigenvalue weighted by Gasteiger charge is 2.34. The first-order valence-corrected chi connectivity index (χ1v) is 13.2. The topological polar surface area (TPSA) is 34.1 Å². The molecule has 5 heteroatoms. The summed E-state index contributed by atoms with van der Waals surface area (Å²) < 4.78 is 15.5. The Morgan fingerprint density at radius 2 is 1.42 bits per heavy atom. The summed E-state index contributed by atoms with van der Waals surface area (Å²) in [5.74, 6) is -1.33. The third-order valence-corrected chi connectivity index (χ3v) is 8.39. The third-order valence-electron chi connectivity index (χ3n) is 6.03. The van der Waals surface area contributed by atoms with Crippen molar-refractivity contribution in [2.75, 3.05) is 0 Å². The molecule has 0 aromatic heterocycles. The fourth-order valence-electron chi connectivity index (χ4n) is 4.23. The Bertz CT molecular complexity index is 970. The molecule has 1 aliphatic carbocycles. The van der Waals surface area contributed by atoms with Crippen molar-refractivity contribution in [2.45, 2.75) is 77.6 Å². The summed E-state index contributed by atoms with van der Waals surface area (Å²) in [4.78, 5) is 25.9. The number of hydrogen-bond acceptors (Lipinski definition) is 2. The molecule has 0 saturated heterocycles. The highest BCUT2D eigenvalue weighted by Crippen LogP contribution is 2.35. The van der Waals surface area contributed by atoms with Crippen LogP contribution in [0.5, 0.6) is 0 Å². The molecule has 0 heterocycles. The van der Waals surface area contributed by atoms with Gasteiger partial charge in [-0.2, -0.15) is 0 Å². The van der Waals surface area contributed by atoms with Gasteiger partial charge < -0.3 is 0 Å². The number of rotatable bonds is 11. The smallest absolute Gasteiger partial charge is 0.197 e. The first-order chi connectivity index (χ1) is 15.0. The second-order valence-electron chi connectivity index (χ2n) is 8.38. The molecule has 0 bridgehead atoms. The van der Waals surface area contributed by atoms with E-state index >= 15 is 0 Å². The highest BCUT2D eigenvalue weighted by molar-refractivity contribution is 14.1. The minimum atomic E-state index is -0.652. The molecular formula is C26H29BrFIO2. The maximum Gasteiger partial charge on any atom is 0.197 e. The number of benzene rings is 2. The predicted molar refractivity (Wildman–Crippen MR) is 136 cm³/mol. The van der Waals surface area contributed by atoms with Crippen molar-refractivity contribution in [1.29, 1.82) is 0 Å². The van der Waals surface area contributed by atoms with Gasteiger partial charge in [0.1, 0.15) is 5.82 Å². The molecule has 1 aliphatic rings. The minimum absolute atomic E-state index is 0.118. The standard InChI is InChI=1S/C26H29BrFIO2/c1-2-3-4-5-6-7-8-9-10-11-12-17-13-14-18-19(15-17)25(30)20-16-21(29)23(27)24(28)22(20)26(18)31/h13-16H,2-12H2,1H3. The monoisotopic (exact) mass is 598 g/mol. The van der Waals surface area contributed by atoms with Gasteiger partial charge in [-0.05, 0) is 69.1 Å². The molecule has 0 radical (unpaired) electrons. The van der Waals surface area contributed by atoms with E-state index in [9.17, 15) is 14.0 Å². The number of carbonyl (C=O) groups is 2. The second-order valence-corrected chi connectivity index (χ2v) is 10.3. The van der Waals surface area contributed by atoms with E-state index in [0.29, 0.717) is 14.7 Å². The van der Waals surface area contributed by atoms with Crippen LogP contribution in [0.1, 0.15) is 109 Å². The van der Waals surface area contributed by atoms with Gasteiger partial charge in [0.2, 0.25) is 0 Å². The van der Waals surface area contributed by atoms with Crippen LogP contribution in [0.3, 0.4) is 0 Å². The Morgan fingerprint density at radius 3 is 2.06 bits per heavy atom. The van der Waals surface area contributed by atoms with Crippen LogP contribution in [-0.4, -0.2) is 11.6 Å². The molecule has 0 aliphatic heterocycles. The number of aryl methyl sites for hydroxylation is 1. The summed E-state index contributed by atoms with van der Waals surface area (Å²) in [7, 11) is 0. The van der Waals surface area contributed by atoms with Crippen LogP contribution < -0.4 is 0 Å². The van der Waals surface area contributed by atoms with E-state index in [2.05, 4.69) is 22.9 Å². The van der Waals surface area contributed by atoms with Gasteiger partial charge in [-0.25, -0.2) is 4.39 Å². The van der Waals surface area contributed by atoms with Crippen LogP contribution in [0.25, 0.3) is 0 Å². The zero-order valence-corrected chi connectivity index (χ0v) is 21.8. The lowest BCUT2D eigenvalue weighted by Gasteiger charge is -2.20. The van der Waals surface area contributed by atoms with Crippen LogP contribution in [0.15, 0.2) is 28.7 Å². The lowest BCUT2D eigenvalue weighted by atomic mass is 9.82. The number of ketones is 2. The molecule has 31 heavy (non-hydrogen) atoms. The van der Waals surface area contributed by atoms with E-state index < -0.39 is 11.6 Å². The molecular weight excluding hydrogens is 570 g/mol. The largest absolute Gasteiger partial charge is 0.289 e. The molecule has 2 nitrogen and oxygen atoms in total. The Balaban J connectivity index is 1.56. The molecule has 0 atom stereocenters. The zero-order valence-electron chi connectivity index (χ0n) is 18.0. The van der Waals surface area contributed by atoms with E-state index in [1.165, 1.54) is 57.8 Å². The van der Waals surface area contributed by atoms with Crippen molar-refractivity contribution < 1.29 is 14.0 Å². The Hall–Kier alpha value is -1.08. The second kappa shape index (κ2) is 11.7. The van der Waals surface area contributed by atoms with E-state index in [1.54, 1.807) is 12.1 Å². The summed E-state index contributed by atoms with van der Waals surface area (Å²) in [6, 6.07) is 7.03. The van der Waals surface area contributed by atoms with Gasteiger partial charge in [0.05, 0.1) is 10.0 Å². The normalized spacial score (nSPS) is 12.8. The zero-order chi connectivity index (χ0) is 22.4. The van der Waals surface area contributed by atoms with Crippen LogP contribution in [-0.2, 0) is 6.42 Å². The lowest BCUT2D eigenvalue weighted by molar-refractivity contribution is 0.0975. The third kappa shape index (κ3) is 5.84. The fourth-order valence-corrected chi connectivity index (χ4v) is 5.09. The lowest BCUT2D eigenvalue weighted by Crippen LogP contribution is -2.23. The van der Waals surface area contributed by atoms with Crippen LogP contribution in [0.2, 0.25) is 0 Å². The van der Waals surface area contributed by atoms with E-state index in [-0.39, 0.29) is 21.4 Å². The molecule has 0 fully saturated rings. The summed E-state index contributed by atoms with van der Waals surface area (Å²) in [5, 5.41) is 0. The average molecular weight is 599 g/mol. The number of carbonyl (C=O) groups excluding carboxylic acids is 2. The molecule has 0 unspecified atom stereocenters. The Morgan fingerprint density at radius 1 is 0.806 bits per heavy atom. The van der Waals surface area contributed by atoms with Crippen molar-refractivity contribution >= 4 is 50.1 Å². The van der Waals surface area contributed by atoms with Crippen LogP contribution >= 0.6 is 38.5 Å². The van der Waals surface area contributed by atoms with Crippen molar-refractivity contribution in [3.63, 3.8) is 0 Å². The van der Waals surface area contributed by atoms with Crippen molar-refractivity contribution in [3.05, 3.63) is 65.9 Å². The number of fused-ring (bicyclic) bond motifs is 2. The minimum Gasteiger partial charge on any atom is -0.289 e. The molecule has 0 N–H and O–H groups in total. The van der Waals surface area contributed by atoms with Crippen molar-refractivity contribution in [1.82, 2.24) is 0 Å². The Kier molecular flexibility index (Phi) is 9.26. The highest BCUT2D eigenvalue weighted by atomic mass is 127. The first kappa shape index (κ1) is 24.6. The van der Waals surface area contributed by atoms with Gasteiger partial charge >= 0.3 is 0 Å². The average Bonchev–Trinajstić information content (AvgIpc) is 2.76. The summed E-state index contributed by atoms with van der Waals surface area (Å²) in [6.07, 6.45) is 13.7. The summed E-state index contributed by atoms with van der Waals surface area (Å²) in [6.45, 7) is 2.24. The maximum absolute atomic E-state index is 14.7. The molecule has 0 amide bonds. The van der Waals surface area contributed by atoms with Gasteiger partial charge in [0.25, 0.3) is 0 Å². The molecule has 0 saturated carbocycles. The number of unbranched alkanes of at least 4 members (excludes halogenated alkanes) is 9. The van der Waals surface area contributed by atoms with Gasteiger partial charge in [0, 0.05) is 20.3 Å².